The van der Waals surface area contributed by atoms with Gasteiger partial charge in [0.15, 0.2) is 0 Å². The molecule has 0 aliphatic carbocycles. The molecule has 2 aromatic rings. The molecule has 0 unspecified atom stereocenters. The number of rotatable bonds is 3. The van der Waals surface area contributed by atoms with Gasteiger partial charge in [-0.25, -0.2) is 4.79 Å². The van der Waals surface area contributed by atoms with E-state index >= 15 is 0 Å². The van der Waals surface area contributed by atoms with Crippen LogP contribution in [0.1, 0.15) is 51.6 Å². The Hall–Kier alpha value is -2.96. The number of carbonyl (C=O) groups excluding carboxylic acids is 3. The van der Waals surface area contributed by atoms with Gasteiger partial charge in [0.2, 0.25) is 0 Å². The fourth-order valence-corrected chi connectivity index (χ4v) is 2.92. The zero-order chi connectivity index (χ0) is 17.6. The van der Waals surface area contributed by atoms with Gasteiger partial charge >= 0.3 is 5.97 Å². The summed E-state index contributed by atoms with van der Waals surface area (Å²) in [6.07, 6.45) is 0. The summed E-state index contributed by atoms with van der Waals surface area (Å²) in [5.74, 6) is -1.57. The molecule has 1 aromatic heterocycles. The van der Waals surface area contributed by atoms with Gasteiger partial charge in [-0.15, -0.1) is 0 Å². The number of hydrogen-bond acceptors (Lipinski definition) is 6. The molecule has 1 aliphatic rings. The molecular weight excluding hydrogens is 312 g/mol. The van der Waals surface area contributed by atoms with E-state index in [0.29, 0.717) is 22.1 Å². The van der Waals surface area contributed by atoms with Crippen LogP contribution in [0, 0.1) is 13.8 Å². The Morgan fingerprint density at radius 3 is 2.12 bits per heavy atom. The molecule has 0 atom stereocenters. The molecule has 0 fully saturated rings. The Bertz CT molecular complexity index is 811. The highest BCUT2D eigenvalue weighted by Crippen LogP contribution is 2.32. The van der Waals surface area contributed by atoms with Gasteiger partial charge in [0.05, 0.1) is 22.2 Å². The van der Waals surface area contributed by atoms with Crippen molar-refractivity contribution in [3.05, 3.63) is 52.4 Å². The summed E-state index contributed by atoms with van der Waals surface area (Å²) >= 11 is 0. The standard InChI is InChI=1S/C17H16N2O5/c1-9-13(10(2)23-18-9)17(3,4)16(22)24-19-14(20)11-7-5-6-8-12(11)15(19)21/h5-8H,1-4H3. The van der Waals surface area contributed by atoms with Gasteiger partial charge in [0.1, 0.15) is 5.76 Å². The van der Waals surface area contributed by atoms with Crippen LogP contribution in [0.3, 0.4) is 0 Å². The first-order valence-electron chi connectivity index (χ1n) is 7.38. The quantitative estimate of drug-likeness (QED) is 0.803. The number of benzene rings is 1. The van der Waals surface area contributed by atoms with Gasteiger partial charge in [-0.05, 0) is 39.8 Å². The van der Waals surface area contributed by atoms with Crippen molar-refractivity contribution in [2.45, 2.75) is 33.1 Å². The second kappa shape index (κ2) is 5.30. The van der Waals surface area contributed by atoms with Crippen molar-refractivity contribution >= 4 is 17.8 Å². The van der Waals surface area contributed by atoms with E-state index in [-0.39, 0.29) is 11.1 Å². The first kappa shape index (κ1) is 15.9. The third-order valence-electron chi connectivity index (χ3n) is 4.10. The van der Waals surface area contributed by atoms with Crippen molar-refractivity contribution in [1.82, 2.24) is 10.2 Å². The lowest BCUT2D eigenvalue weighted by Gasteiger charge is -2.24. The molecule has 1 aromatic carbocycles. The average molecular weight is 328 g/mol. The zero-order valence-corrected chi connectivity index (χ0v) is 13.7. The van der Waals surface area contributed by atoms with Crippen LogP contribution in [0.4, 0.5) is 0 Å². The number of nitrogens with zero attached hydrogens (tertiary/aromatic N) is 2. The zero-order valence-electron chi connectivity index (χ0n) is 13.7. The van der Waals surface area contributed by atoms with Crippen LogP contribution in [0.2, 0.25) is 0 Å². The second-order valence-electron chi connectivity index (χ2n) is 6.15. The Kier molecular flexibility index (Phi) is 3.51. The number of aromatic nitrogens is 1. The Labute approximate surface area is 138 Å². The normalized spacial score (nSPS) is 14.1. The SMILES string of the molecule is Cc1noc(C)c1C(C)(C)C(=O)ON1C(=O)c2ccccc2C1=O. The summed E-state index contributed by atoms with van der Waals surface area (Å²) in [7, 11) is 0. The van der Waals surface area contributed by atoms with E-state index in [1.54, 1.807) is 39.8 Å². The topological polar surface area (TPSA) is 89.7 Å². The van der Waals surface area contributed by atoms with Gasteiger partial charge in [-0.2, -0.15) is 0 Å². The minimum absolute atomic E-state index is 0.213. The molecule has 2 amide bonds. The number of hydrogen-bond donors (Lipinski definition) is 0. The molecule has 1 aliphatic heterocycles. The predicted octanol–water partition coefficient (Wildman–Crippen LogP) is 2.32. The van der Waals surface area contributed by atoms with E-state index in [1.807, 2.05) is 0 Å². The maximum absolute atomic E-state index is 12.6. The fraction of sp³-hybridized carbons (Fsp3) is 0.294. The van der Waals surface area contributed by atoms with Crippen LogP contribution in [-0.2, 0) is 15.0 Å². The van der Waals surface area contributed by atoms with E-state index < -0.39 is 23.2 Å². The highest BCUT2D eigenvalue weighted by Gasteiger charge is 2.43. The van der Waals surface area contributed by atoms with Gasteiger partial charge in [-0.1, -0.05) is 22.4 Å². The van der Waals surface area contributed by atoms with Crippen LogP contribution in [0.15, 0.2) is 28.8 Å². The number of carbonyl (C=O) groups is 3. The summed E-state index contributed by atoms with van der Waals surface area (Å²) in [6.45, 7) is 6.65. The minimum Gasteiger partial charge on any atom is -0.361 e. The largest absolute Gasteiger partial charge is 0.361 e. The Morgan fingerprint density at radius 1 is 1.12 bits per heavy atom. The molecule has 0 saturated carbocycles. The molecule has 7 nitrogen and oxygen atoms in total. The third-order valence-corrected chi connectivity index (χ3v) is 4.10. The first-order chi connectivity index (χ1) is 11.2. The van der Waals surface area contributed by atoms with Crippen molar-refractivity contribution in [1.29, 1.82) is 0 Å². The van der Waals surface area contributed by atoms with E-state index in [2.05, 4.69) is 5.16 Å². The van der Waals surface area contributed by atoms with E-state index in [0.717, 1.165) is 0 Å². The van der Waals surface area contributed by atoms with Crippen LogP contribution >= 0.6 is 0 Å². The van der Waals surface area contributed by atoms with Crippen LogP contribution in [0.25, 0.3) is 0 Å². The van der Waals surface area contributed by atoms with Crippen LogP contribution in [-0.4, -0.2) is 28.0 Å². The van der Waals surface area contributed by atoms with Gasteiger partial charge < -0.3 is 9.36 Å². The van der Waals surface area contributed by atoms with Crippen LogP contribution in [0.5, 0.6) is 0 Å². The van der Waals surface area contributed by atoms with E-state index in [4.69, 9.17) is 9.36 Å². The highest BCUT2D eigenvalue weighted by atomic mass is 16.7. The summed E-state index contributed by atoms with van der Waals surface area (Å²) in [4.78, 5) is 42.3. The van der Waals surface area contributed by atoms with Gasteiger partial charge in [0.25, 0.3) is 11.8 Å². The third kappa shape index (κ3) is 2.20. The van der Waals surface area contributed by atoms with Gasteiger partial charge in [-0.3, -0.25) is 9.59 Å². The summed E-state index contributed by atoms with van der Waals surface area (Å²) < 4.78 is 5.09. The molecule has 0 N–H and O–H groups in total. The number of hydroxylamine groups is 2. The molecule has 0 spiro atoms. The molecule has 3 rings (SSSR count). The smallest absolute Gasteiger partial charge is 0.343 e. The molecule has 7 heteroatoms. The summed E-state index contributed by atoms with van der Waals surface area (Å²) in [5.41, 5.74) is 0.417. The Balaban J connectivity index is 1.89. The van der Waals surface area contributed by atoms with Crippen molar-refractivity contribution in [3.8, 4) is 0 Å². The molecule has 24 heavy (non-hydrogen) atoms. The number of aryl methyl sites for hydroxylation is 2. The predicted molar refractivity (Wildman–Crippen MR) is 82.0 cm³/mol. The van der Waals surface area contributed by atoms with Crippen molar-refractivity contribution < 1.29 is 23.7 Å². The Morgan fingerprint density at radius 2 is 1.67 bits per heavy atom. The lowest BCUT2D eigenvalue weighted by atomic mass is 9.83. The molecular formula is C17H16N2O5. The average Bonchev–Trinajstić information content (AvgIpc) is 3.00. The second-order valence-corrected chi connectivity index (χ2v) is 6.15. The van der Waals surface area contributed by atoms with Crippen molar-refractivity contribution in [3.63, 3.8) is 0 Å². The van der Waals surface area contributed by atoms with Crippen molar-refractivity contribution in [2.75, 3.05) is 0 Å². The summed E-state index contributed by atoms with van der Waals surface area (Å²) in [6, 6.07) is 6.32. The van der Waals surface area contributed by atoms with E-state index in [9.17, 15) is 14.4 Å². The van der Waals surface area contributed by atoms with Gasteiger partial charge in [0, 0.05) is 5.56 Å². The molecule has 0 radical (unpaired) electrons. The molecule has 2 heterocycles. The molecule has 0 bridgehead atoms. The minimum atomic E-state index is -1.14. The lowest BCUT2D eigenvalue weighted by molar-refractivity contribution is -0.174. The number of imide groups is 1. The highest BCUT2D eigenvalue weighted by molar-refractivity contribution is 6.21. The number of amides is 2. The van der Waals surface area contributed by atoms with E-state index in [1.165, 1.54) is 12.1 Å². The fourth-order valence-electron chi connectivity index (χ4n) is 2.92. The van der Waals surface area contributed by atoms with Crippen LogP contribution < -0.4 is 0 Å². The van der Waals surface area contributed by atoms with Crippen molar-refractivity contribution in [2.24, 2.45) is 0 Å². The molecule has 124 valence electrons. The first-order valence-corrected chi connectivity index (χ1v) is 7.38. The molecule has 0 saturated heterocycles. The number of fused-ring (bicyclic) bond motifs is 1. The monoisotopic (exact) mass is 328 g/mol. The maximum Gasteiger partial charge on any atom is 0.343 e. The lowest BCUT2D eigenvalue weighted by Crippen LogP contribution is -2.40. The maximum atomic E-state index is 12.6. The summed E-state index contributed by atoms with van der Waals surface area (Å²) in [5, 5.41) is 4.34.